The summed E-state index contributed by atoms with van der Waals surface area (Å²) in [5.74, 6) is -1.54. The van der Waals surface area contributed by atoms with Crippen molar-refractivity contribution in [1.29, 1.82) is 0 Å². The molecule has 8 heteroatoms. The number of carbonyl (C=O) groups excluding carboxylic acids is 2. The molecule has 0 spiro atoms. The molecule has 0 aromatic heterocycles. The second kappa shape index (κ2) is 8.65. The van der Waals surface area contributed by atoms with Crippen LogP contribution in [0.25, 0.3) is 0 Å². The third-order valence-electron chi connectivity index (χ3n) is 5.94. The van der Waals surface area contributed by atoms with Crippen LogP contribution in [0.3, 0.4) is 0 Å². The highest BCUT2D eigenvalue weighted by atomic mass is 19.1. The van der Waals surface area contributed by atoms with E-state index in [2.05, 4.69) is 0 Å². The number of halogens is 2. The van der Waals surface area contributed by atoms with E-state index in [1.807, 2.05) is 11.8 Å². The molecule has 3 rings (SSSR count). The number of piperidine rings is 1. The molecule has 1 atom stereocenters. The molecule has 0 bridgehead atoms. The molecule has 2 fully saturated rings. The maximum absolute atomic E-state index is 13.8. The molecule has 6 nitrogen and oxygen atoms in total. The lowest BCUT2D eigenvalue weighted by Gasteiger charge is -2.46. The molecular formula is C21H28F2N2O4. The van der Waals surface area contributed by atoms with E-state index in [0.717, 1.165) is 18.9 Å². The zero-order valence-electron chi connectivity index (χ0n) is 16.8. The van der Waals surface area contributed by atoms with E-state index in [1.54, 1.807) is 0 Å². The van der Waals surface area contributed by atoms with Crippen LogP contribution in [0.4, 0.5) is 8.78 Å². The predicted molar refractivity (Wildman–Crippen MR) is 102 cm³/mol. The quantitative estimate of drug-likeness (QED) is 0.729. The summed E-state index contributed by atoms with van der Waals surface area (Å²) in [7, 11) is 0. The van der Waals surface area contributed by atoms with Crippen LogP contribution in [0.5, 0.6) is 5.75 Å². The fourth-order valence-electron chi connectivity index (χ4n) is 4.17. The molecule has 1 saturated heterocycles. The molecule has 160 valence electrons. The van der Waals surface area contributed by atoms with Crippen molar-refractivity contribution in [2.24, 2.45) is 17.6 Å². The minimum atomic E-state index is -0.714. The largest absolute Gasteiger partial charge is 0.487 e. The first-order chi connectivity index (χ1) is 13.7. The van der Waals surface area contributed by atoms with Gasteiger partial charge in [0.15, 0.2) is 11.6 Å². The van der Waals surface area contributed by atoms with Gasteiger partial charge in [-0.25, -0.2) is 8.78 Å². The second-order valence-corrected chi connectivity index (χ2v) is 8.31. The molecular weight excluding hydrogens is 382 g/mol. The molecule has 2 aliphatic rings. The van der Waals surface area contributed by atoms with Crippen molar-refractivity contribution in [2.75, 3.05) is 19.7 Å². The number of esters is 1. The van der Waals surface area contributed by atoms with E-state index >= 15 is 0 Å². The van der Waals surface area contributed by atoms with Gasteiger partial charge in [0.1, 0.15) is 12.4 Å². The van der Waals surface area contributed by atoms with Gasteiger partial charge in [-0.2, -0.15) is 0 Å². The van der Waals surface area contributed by atoms with Crippen molar-refractivity contribution in [1.82, 2.24) is 4.90 Å². The molecule has 1 saturated carbocycles. The minimum absolute atomic E-state index is 0.0407. The predicted octanol–water partition coefficient (Wildman–Crippen LogP) is 2.64. The van der Waals surface area contributed by atoms with Gasteiger partial charge < -0.3 is 20.1 Å². The number of rotatable bonds is 6. The van der Waals surface area contributed by atoms with Crippen LogP contribution < -0.4 is 10.5 Å². The van der Waals surface area contributed by atoms with Crippen molar-refractivity contribution in [2.45, 2.75) is 51.2 Å². The summed E-state index contributed by atoms with van der Waals surface area (Å²) in [5.41, 5.74) is 5.54. The van der Waals surface area contributed by atoms with Crippen molar-refractivity contribution in [3.63, 3.8) is 0 Å². The van der Waals surface area contributed by atoms with Crippen LogP contribution in [-0.2, 0) is 14.3 Å². The van der Waals surface area contributed by atoms with Crippen LogP contribution in [0.2, 0.25) is 0 Å². The number of nitrogens with two attached hydrogens (primary N) is 1. The molecule has 1 heterocycles. The first-order valence-corrected chi connectivity index (χ1v) is 9.99. The van der Waals surface area contributed by atoms with Crippen LogP contribution >= 0.6 is 0 Å². The van der Waals surface area contributed by atoms with Crippen LogP contribution in [0.1, 0.15) is 39.5 Å². The van der Waals surface area contributed by atoms with Crippen LogP contribution in [0, 0.1) is 23.5 Å². The third kappa shape index (κ3) is 5.23. The Kier molecular flexibility index (Phi) is 6.41. The molecule has 1 aliphatic carbocycles. The summed E-state index contributed by atoms with van der Waals surface area (Å²) in [4.78, 5) is 25.5. The minimum Gasteiger partial charge on any atom is -0.487 e. The number of ether oxygens (including phenoxy) is 2. The Balaban J connectivity index is 1.44. The first-order valence-electron chi connectivity index (χ1n) is 9.99. The Hall–Kier alpha value is -2.22. The Labute approximate surface area is 169 Å². The fraction of sp³-hybridized carbons (Fsp3) is 0.619. The molecule has 1 unspecified atom stereocenters. The zero-order valence-corrected chi connectivity index (χ0v) is 16.8. The highest BCUT2D eigenvalue weighted by molar-refractivity contribution is 5.80. The van der Waals surface area contributed by atoms with Gasteiger partial charge in [0.2, 0.25) is 5.91 Å². The van der Waals surface area contributed by atoms with Gasteiger partial charge >= 0.3 is 5.97 Å². The van der Waals surface area contributed by atoms with Gasteiger partial charge in [-0.1, -0.05) is 0 Å². The van der Waals surface area contributed by atoms with Gasteiger partial charge in [-0.15, -0.1) is 0 Å². The number of carbonyl (C=O) groups is 2. The van der Waals surface area contributed by atoms with E-state index in [0.29, 0.717) is 25.9 Å². The molecule has 1 aromatic carbocycles. The number of hydrogen-bond donors (Lipinski definition) is 1. The monoisotopic (exact) mass is 410 g/mol. The average Bonchev–Trinajstić information content (AvgIpc) is 2.66. The lowest BCUT2D eigenvalue weighted by molar-refractivity contribution is -0.149. The summed E-state index contributed by atoms with van der Waals surface area (Å²) >= 11 is 0. The lowest BCUT2D eigenvalue weighted by Crippen LogP contribution is -2.60. The molecule has 0 radical (unpaired) electrons. The summed E-state index contributed by atoms with van der Waals surface area (Å²) < 4.78 is 37.5. The Morgan fingerprint density at radius 3 is 2.52 bits per heavy atom. The number of amides is 1. The van der Waals surface area contributed by atoms with Gasteiger partial charge in [0.25, 0.3) is 0 Å². The van der Waals surface area contributed by atoms with Gasteiger partial charge in [0.05, 0.1) is 11.6 Å². The third-order valence-corrected chi connectivity index (χ3v) is 5.94. The second-order valence-electron chi connectivity index (χ2n) is 8.31. The van der Waals surface area contributed by atoms with Crippen molar-refractivity contribution >= 4 is 11.9 Å². The fourth-order valence-corrected chi connectivity index (χ4v) is 4.17. The van der Waals surface area contributed by atoms with Crippen LogP contribution in [0.15, 0.2) is 18.2 Å². The summed E-state index contributed by atoms with van der Waals surface area (Å²) in [6, 6.07) is 3.27. The lowest BCUT2D eigenvalue weighted by atomic mass is 9.68. The maximum Gasteiger partial charge on any atom is 0.302 e. The zero-order chi connectivity index (χ0) is 21.2. The Bertz CT molecular complexity index is 759. The smallest absolute Gasteiger partial charge is 0.302 e. The number of benzene rings is 1. The number of nitrogens with zero attached hydrogens (tertiary/aromatic N) is 1. The maximum atomic E-state index is 13.8. The molecule has 2 N–H and O–H groups in total. The highest BCUT2D eigenvalue weighted by Crippen LogP contribution is 2.38. The molecule has 1 aliphatic heterocycles. The Morgan fingerprint density at radius 1 is 1.28 bits per heavy atom. The van der Waals surface area contributed by atoms with Crippen molar-refractivity contribution in [3.05, 3.63) is 29.8 Å². The SMILES string of the molecule is CC(=O)OC[C@]1(N)C[C@@H](C(=O)N2CCC(C(C)Oc3ccc(F)cc3F)CC2)C1. The normalized spacial score (nSPS) is 25.8. The van der Waals surface area contributed by atoms with Crippen molar-refractivity contribution in [3.8, 4) is 5.75 Å². The topological polar surface area (TPSA) is 81.9 Å². The molecule has 1 amide bonds. The van der Waals surface area contributed by atoms with Crippen molar-refractivity contribution < 1.29 is 27.8 Å². The van der Waals surface area contributed by atoms with Gasteiger partial charge in [-0.3, -0.25) is 9.59 Å². The average molecular weight is 410 g/mol. The van der Waals surface area contributed by atoms with Gasteiger partial charge in [-0.05, 0) is 50.7 Å². The summed E-state index contributed by atoms with van der Waals surface area (Å²) in [6.07, 6.45) is 2.30. The standard InChI is InChI=1S/C21H28F2N2O4/c1-13(29-19-4-3-17(22)9-18(19)23)15-5-7-25(8-6-15)20(27)16-10-21(24,11-16)12-28-14(2)26/h3-4,9,13,15-16H,5-8,10-12,24H2,1-2H3/t13?,16-,21+. The molecule has 29 heavy (non-hydrogen) atoms. The first kappa shape index (κ1) is 21.5. The summed E-state index contributed by atoms with van der Waals surface area (Å²) in [6.45, 7) is 4.57. The van der Waals surface area contributed by atoms with E-state index in [9.17, 15) is 18.4 Å². The van der Waals surface area contributed by atoms with Crippen LogP contribution in [-0.4, -0.2) is 48.1 Å². The highest BCUT2D eigenvalue weighted by Gasteiger charge is 2.47. The number of likely N-dealkylation sites (tertiary alicyclic amines) is 1. The molecule has 1 aromatic rings. The van der Waals surface area contributed by atoms with E-state index in [-0.39, 0.29) is 42.2 Å². The Morgan fingerprint density at radius 2 is 1.93 bits per heavy atom. The van der Waals surface area contributed by atoms with E-state index < -0.39 is 17.2 Å². The van der Waals surface area contributed by atoms with E-state index in [1.165, 1.54) is 19.1 Å². The van der Waals surface area contributed by atoms with Gasteiger partial charge in [0, 0.05) is 32.0 Å². The van der Waals surface area contributed by atoms with E-state index in [4.69, 9.17) is 15.2 Å². The summed E-state index contributed by atoms with van der Waals surface area (Å²) in [5, 5.41) is 0. The number of hydrogen-bond acceptors (Lipinski definition) is 5.